The second-order valence-electron chi connectivity index (χ2n) is 4.14. The van der Waals surface area contributed by atoms with Gasteiger partial charge < -0.3 is 4.74 Å². The van der Waals surface area contributed by atoms with Gasteiger partial charge in [-0.05, 0) is 31.2 Å². The number of aryl methyl sites for hydroxylation is 1. The molecule has 1 aliphatic rings. The van der Waals surface area contributed by atoms with E-state index < -0.39 is 5.97 Å². The summed E-state index contributed by atoms with van der Waals surface area (Å²) in [7, 11) is 0. The third kappa shape index (κ3) is 2.71. The molecule has 1 aliphatic heterocycles. The second kappa shape index (κ2) is 5.30. The standard InChI is InChI=1S/C14H9BrN2O2S/c1-8-16-11(7-20-8)6-12-14(18)19-13(17-12)9-3-2-4-10(15)5-9/h2-7H,1H3. The first-order valence-corrected chi connectivity index (χ1v) is 7.50. The summed E-state index contributed by atoms with van der Waals surface area (Å²) >= 11 is 4.90. The van der Waals surface area contributed by atoms with Gasteiger partial charge in [0, 0.05) is 15.4 Å². The number of aliphatic imine (C=N–C) groups is 1. The van der Waals surface area contributed by atoms with Crippen LogP contribution in [0.1, 0.15) is 16.3 Å². The molecule has 0 aliphatic carbocycles. The van der Waals surface area contributed by atoms with Crippen LogP contribution in [0.3, 0.4) is 0 Å². The number of carbonyl (C=O) groups is 1. The second-order valence-corrected chi connectivity index (χ2v) is 6.12. The zero-order chi connectivity index (χ0) is 14.1. The Hall–Kier alpha value is -1.79. The van der Waals surface area contributed by atoms with Gasteiger partial charge >= 0.3 is 5.97 Å². The van der Waals surface area contributed by atoms with Crippen molar-refractivity contribution >= 4 is 45.2 Å². The molecule has 4 nitrogen and oxygen atoms in total. The molecule has 20 heavy (non-hydrogen) atoms. The van der Waals surface area contributed by atoms with Crippen LogP contribution in [0, 0.1) is 6.92 Å². The van der Waals surface area contributed by atoms with Gasteiger partial charge in [-0.1, -0.05) is 22.0 Å². The van der Waals surface area contributed by atoms with E-state index in [4.69, 9.17) is 4.74 Å². The van der Waals surface area contributed by atoms with Crippen LogP contribution in [0.2, 0.25) is 0 Å². The van der Waals surface area contributed by atoms with Crippen LogP contribution in [0.15, 0.2) is 44.8 Å². The number of benzene rings is 1. The van der Waals surface area contributed by atoms with Crippen LogP contribution in [-0.4, -0.2) is 16.9 Å². The SMILES string of the molecule is Cc1nc(C=C2N=C(c3cccc(Br)c3)OC2=O)cs1. The summed E-state index contributed by atoms with van der Waals surface area (Å²) in [5, 5.41) is 2.82. The fourth-order valence-corrected chi connectivity index (χ4v) is 2.71. The molecule has 0 atom stereocenters. The summed E-state index contributed by atoms with van der Waals surface area (Å²) in [6, 6.07) is 7.45. The van der Waals surface area contributed by atoms with Crippen LogP contribution in [-0.2, 0) is 9.53 Å². The molecule has 0 fully saturated rings. The van der Waals surface area contributed by atoms with Crippen LogP contribution in [0.5, 0.6) is 0 Å². The van der Waals surface area contributed by atoms with E-state index in [1.807, 2.05) is 36.6 Å². The molecule has 0 bridgehead atoms. The molecule has 2 aromatic rings. The Morgan fingerprint density at radius 3 is 2.95 bits per heavy atom. The summed E-state index contributed by atoms with van der Waals surface area (Å²) in [6.07, 6.45) is 1.64. The zero-order valence-electron chi connectivity index (χ0n) is 10.5. The maximum Gasteiger partial charge on any atom is 0.363 e. The number of esters is 1. The van der Waals surface area contributed by atoms with Gasteiger partial charge in [0.15, 0.2) is 5.70 Å². The van der Waals surface area contributed by atoms with E-state index in [1.165, 1.54) is 11.3 Å². The Morgan fingerprint density at radius 2 is 2.25 bits per heavy atom. The molecule has 3 rings (SSSR count). The first-order valence-electron chi connectivity index (χ1n) is 5.82. The molecule has 100 valence electrons. The molecule has 0 saturated carbocycles. The Morgan fingerprint density at radius 1 is 1.40 bits per heavy atom. The largest absolute Gasteiger partial charge is 0.402 e. The lowest BCUT2D eigenvalue weighted by Gasteiger charge is -1.99. The highest BCUT2D eigenvalue weighted by molar-refractivity contribution is 9.10. The average Bonchev–Trinajstić information content (AvgIpc) is 2.97. The summed E-state index contributed by atoms with van der Waals surface area (Å²) in [6.45, 7) is 1.91. The van der Waals surface area contributed by atoms with Gasteiger partial charge in [0.25, 0.3) is 0 Å². The van der Waals surface area contributed by atoms with E-state index in [0.29, 0.717) is 5.90 Å². The molecule has 0 radical (unpaired) electrons. The smallest absolute Gasteiger partial charge is 0.363 e. The number of aromatic nitrogens is 1. The molecule has 0 saturated heterocycles. The number of thiazole rings is 1. The molecular weight excluding hydrogens is 340 g/mol. The van der Waals surface area contributed by atoms with Gasteiger partial charge in [0.1, 0.15) is 0 Å². The fraction of sp³-hybridized carbons (Fsp3) is 0.0714. The van der Waals surface area contributed by atoms with E-state index in [1.54, 1.807) is 6.08 Å². The summed E-state index contributed by atoms with van der Waals surface area (Å²) < 4.78 is 6.10. The van der Waals surface area contributed by atoms with Crippen molar-refractivity contribution in [2.75, 3.05) is 0 Å². The number of cyclic esters (lactones) is 1. The Bertz CT molecular complexity index is 749. The molecular formula is C14H9BrN2O2S. The van der Waals surface area contributed by atoms with E-state index in [-0.39, 0.29) is 5.70 Å². The van der Waals surface area contributed by atoms with Crippen molar-refractivity contribution in [2.45, 2.75) is 6.92 Å². The number of halogens is 1. The maximum absolute atomic E-state index is 11.8. The number of ether oxygens (including phenoxy) is 1. The van der Waals surface area contributed by atoms with Crippen LogP contribution in [0.4, 0.5) is 0 Å². The third-order valence-corrected chi connectivity index (χ3v) is 3.90. The average molecular weight is 349 g/mol. The van der Waals surface area contributed by atoms with Crippen molar-refractivity contribution < 1.29 is 9.53 Å². The summed E-state index contributed by atoms with van der Waals surface area (Å²) in [5.41, 5.74) is 1.74. The van der Waals surface area contributed by atoms with Crippen molar-refractivity contribution in [1.82, 2.24) is 4.98 Å². The predicted octanol–water partition coefficient (Wildman–Crippen LogP) is 3.56. The highest BCUT2D eigenvalue weighted by atomic mass is 79.9. The first-order chi connectivity index (χ1) is 9.61. The Balaban J connectivity index is 1.94. The number of nitrogens with zero attached hydrogens (tertiary/aromatic N) is 2. The maximum atomic E-state index is 11.8. The number of carbonyl (C=O) groups excluding carboxylic acids is 1. The Kier molecular flexibility index (Phi) is 3.50. The molecule has 0 spiro atoms. The Labute approximate surface area is 128 Å². The van der Waals surface area contributed by atoms with Gasteiger partial charge in [-0.15, -0.1) is 11.3 Å². The van der Waals surface area contributed by atoms with E-state index in [0.717, 1.165) is 20.7 Å². The van der Waals surface area contributed by atoms with E-state index in [9.17, 15) is 4.79 Å². The van der Waals surface area contributed by atoms with Gasteiger partial charge in [-0.25, -0.2) is 14.8 Å². The minimum atomic E-state index is -0.453. The molecule has 1 aromatic carbocycles. The minimum absolute atomic E-state index is 0.269. The molecule has 6 heteroatoms. The van der Waals surface area contributed by atoms with Crippen LogP contribution in [0.25, 0.3) is 6.08 Å². The predicted molar refractivity (Wildman–Crippen MR) is 81.6 cm³/mol. The first kappa shape index (κ1) is 13.2. The monoisotopic (exact) mass is 348 g/mol. The molecule has 0 N–H and O–H groups in total. The minimum Gasteiger partial charge on any atom is -0.402 e. The highest BCUT2D eigenvalue weighted by Crippen LogP contribution is 2.21. The zero-order valence-corrected chi connectivity index (χ0v) is 12.9. The van der Waals surface area contributed by atoms with Gasteiger partial charge in [-0.2, -0.15) is 0 Å². The van der Waals surface area contributed by atoms with Gasteiger partial charge in [0.05, 0.1) is 10.7 Å². The van der Waals surface area contributed by atoms with Crippen molar-refractivity contribution in [3.8, 4) is 0 Å². The topological polar surface area (TPSA) is 51.6 Å². The number of rotatable bonds is 2. The number of hydrogen-bond donors (Lipinski definition) is 0. The lowest BCUT2D eigenvalue weighted by atomic mass is 10.2. The summed E-state index contributed by atoms with van der Waals surface area (Å²) in [4.78, 5) is 20.3. The van der Waals surface area contributed by atoms with Crippen molar-refractivity contribution in [3.05, 3.63) is 56.1 Å². The molecule has 1 aromatic heterocycles. The van der Waals surface area contributed by atoms with Gasteiger partial charge in [0.2, 0.25) is 5.90 Å². The molecule has 2 heterocycles. The lowest BCUT2D eigenvalue weighted by Crippen LogP contribution is -2.05. The quantitative estimate of drug-likeness (QED) is 0.615. The van der Waals surface area contributed by atoms with Crippen LogP contribution < -0.4 is 0 Å². The van der Waals surface area contributed by atoms with Gasteiger partial charge in [-0.3, -0.25) is 0 Å². The van der Waals surface area contributed by atoms with E-state index in [2.05, 4.69) is 25.9 Å². The normalized spacial score (nSPS) is 16.4. The van der Waals surface area contributed by atoms with Crippen molar-refractivity contribution in [2.24, 2.45) is 4.99 Å². The van der Waals surface area contributed by atoms with Crippen molar-refractivity contribution in [1.29, 1.82) is 0 Å². The molecule has 0 amide bonds. The van der Waals surface area contributed by atoms with Crippen molar-refractivity contribution in [3.63, 3.8) is 0 Å². The summed E-state index contributed by atoms with van der Waals surface area (Å²) in [5.74, 6) is -0.139. The third-order valence-electron chi connectivity index (χ3n) is 2.61. The van der Waals surface area contributed by atoms with E-state index >= 15 is 0 Å². The fourth-order valence-electron chi connectivity index (χ4n) is 1.74. The highest BCUT2D eigenvalue weighted by Gasteiger charge is 2.24. The van der Waals surface area contributed by atoms with Crippen LogP contribution >= 0.6 is 27.3 Å². The lowest BCUT2D eigenvalue weighted by molar-refractivity contribution is -0.129. The molecule has 0 unspecified atom stereocenters. The number of hydrogen-bond acceptors (Lipinski definition) is 5.